The van der Waals surface area contributed by atoms with Crippen LogP contribution in [0.5, 0.6) is 0 Å². The van der Waals surface area contributed by atoms with Crippen LogP contribution in [0.25, 0.3) is 16.6 Å². The fourth-order valence-electron chi connectivity index (χ4n) is 3.89. The van der Waals surface area contributed by atoms with E-state index in [0.29, 0.717) is 5.39 Å². The van der Waals surface area contributed by atoms with Crippen molar-refractivity contribution >= 4 is 28.2 Å². The van der Waals surface area contributed by atoms with E-state index in [1.807, 2.05) is 66.7 Å². The first-order valence-electron chi connectivity index (χ1n) is 10.2. The molecule has 150 valence electrons. The average Bonchev–Trinajstić information content (AvgIpc) is 2.81. The van der Waals surface area contributed by atoms with Gasteiger partial charge < -0.3 is 15.5 Å². The number of rotatable bonds is 4. The number of para-hydroxylation sites is 2. The molecule has 0 radical (unpaired) electrons. The molecular formula is C24H23N5O. The second kappa shape index (κ2) is 8.00. The van der Waals surface area contributed by atoms with Gasteiger partial charge >= 0.3 is 0 Å². The molecule has 6 nitrogen and oxygen atoms in total. The highest BCUT2D eigenvalue weighted by molar-refractivity contribution is 5.85. The molecule has 1 aliphatic heterocycles. The zero-order valence-electron chi connectivity index (χ0n) is 16.6. The SMILES string of the molecule is O=c1cc(Nc2ccccc2)n(-c2ccccc2)c2cc(N3CCNCC3)ncc12. The Bertz CT molecular complexity index is 1220. The molecule has 2 aromatic carbocycles. The van der Waals surface area contributed by atoms with Crippen LogP contribution in [0.3, 0.4) is 0 Å². The van der Waals surface area contributed by atoms with E-state index in [9.17, 15) is 4.79 Å². The van der Waals surface area contributed by atoms with E-state index in [1.54, 1.807) is 12.3 Å². The van der Waals surface area contributed by atoms with Gasteiger partial charge in [0.1, 0.15) is 11.6 Å². The monoisotopic (exact) mass is 397 g/mol. The van der Waals surface area contributed by atoms with E-state index in [1.165, 1.54) is 0 Å². The largest absolute Gasteiger partial charge is 0.354 e. The summed E-state index contributed by atoms with van der Waals surface area (Å²) in [4.78, 5) is 19.8. The van der Waals surface area contributed by atoms with Crippen LogP contribution in [0.2, 0.25) is 0 Å². The van der Waals surface area contributed by atoms with Crippen LogP contribution in [0.4, 0.5) is 17.3 Å². The molecule has 0 bridgehead atoms. The highest BCUT2D eigenvalue weighted by atomic mass is 16.1. The zero-order chi connectivity index (χ0) is 20.3. The summed E-state index contributed by atoms with van der Waals surface area (Å²) in [6, 6.07) is 23.7. The van der Waals surface area contributed by atoms with Crippen LogP contribution in [0.15, 0.2) is 83.8 Å². The molecule has 2 aromatic heterocycles. The molecule has 6 heteroatoms. The molecule has 30 heavy (non-hydrogen) atoms. The number of pyridine rings is 2. The van der Waals surface area contributed by atoms with Gasteiger partial charge in [0.2, 0.25) is 0 Å². The van der Waals surface area contributed by atoms with Crippen molar-refractivity contribution in [2.24, 2.45) is 0 Å². The van der Waals surface area contributed by atoms with Crippen LogP contribution in [0, 0.1) is 0 Å². The molecule has 1 saturated heterocycles. The summed E-state index contributed by atoms with van der Waals surface area (Å²) in [5.41, 5.74) is 2.71. The Morgan fingerprint density at radius 2 is 1.60 bits per heavy atom. The lowest BCUT2D eigenvalue weighted by atomic mass is 10.2. The van der Waals surface area contributed by atoms with E-state index in [2.05, 4.69) is 25.1 Å². The van der Waals surface area contributed by atoms with Crippen LogP contribution in [0.1, 0.15) is 0 Å². The van der Waals surface area contributed by atoms with Crippen LogP contribution in [-0.4, -0.2) is 35.7 Å². The third kappa shape index (κ3) is 3.53. The quantitative estimate of drug-likeness (QED) is 0.552. The number of hydrogen-bond acceptors (Lipinski definition) is 5. The topological polar surface area (TPSA) is 62.2 Å². The second-order valence-electron chi connectivity index (χ2n) is 7.35. The van der Waals surface area contributed by atoms with Gasteiger partial charge in [-0.05, 0) is 24.3 Å². The number of nitrogens with zero attached hydrogens (tertiary/aromatic N) is 3. The van der Waals surface area contributed by atoms with Crippen LogP contribution in [-0.2, 0) is 0 Å². The molecular weight excluding hydrogens is 374 g/mol. The zero-order valence-corrected chi connectivity index (χ0v) is 16.6. The van der Waals surface area contributed by atoms with Crippen LogP contribution >= 0.6 is 0 Å². The number of nitrogens with one attached hydrogen (secondary N) is 2. The van der Waals surface area contributed by atoms with E-state index in [-0.39, 0.29) is 5.43 Å². The van der Waals surface area contributed by atoms with Gasteiger partial charge in [-0.15, -0.1) is 0 Å². The number of piperazine rings is 1. The maximum atomic E-state index is 12.9. The molecule has 0 amide bonds. The Morgan fingerprint density at radius 1 is 0.900 bits per heavy atom. The molecule has 0 saturated carbocycles. The van der Waals surface area contributed by atoms with Gasteiger partial charge in [-0.1, -0.05) is 36.4 Å². The molecule has 5 rings (SSSR count). The minimum absolute atomic E-state index is 0.0463. The third-order valence-corrected chi connectivity index (χ3v) is 5.38. The molecule has 3 heterocycles. The normalized spacial score (nSPS) is 14.1. The highest BCUT2D eigenvalue weighted by Crippen LogP contribution is 2.27. The van der Waals surface area contributed by atoms with Crippen molar-refractivity contribution in [2.75, 3.05) is 36.4 Å². The maximum absolute atomic E-state index is 12.9. The molecule has 0 spiro atoms. The number of fused-ring (bicyclic) bond motifs is 1. The predicted octanol–water partition coefficient (Wildman–Crippen LogP) is 3.54. The van der Waals surface area contributed by atoms with Crippen molar-refractivity contribution in [3.8, 4) is 5.69 Å². The summed E-state index contributed by atoms with van der Waals surface area (Å²) in [5.74, 6) is 1.62. The lowest BCUT2D eigenvalue weighted by molar-refractivity contribution is 0.585. The van der Waals surface area contributed by atoms with Gasteiger partial charge in [0, 0.05) is 55.9 Å². The summed E-state index contributed by atoms with van der Waals surface area (Å²) in [6.45, 7) is 3.66. The van der Waals surface area contributed by atoms with Crippen molar-refractivity contribution < 1.29 is 0 Å². The van der Waals surface area contributed by atoms with Gasteiger partial charge in [-0.2, -0.15) is 0 Å². The van der Waals surface area contributed by atoms with Gasteiger partial charge in [0.05, 0.1) is 10.9 Å². The predicted molar refractivity (Wildman–Crippen MR) is 122 cm³/mol. The fraction of sp³-hybridized carbons (Fsp3) is 0.167. The minimum Gasteiger partial charge on any atom is -0.354 e. The summed E-state index contributed by atoms with van der Waals surface area (Å²) < 4.78 is 2.09. The van der Waals surface area contributed by atoms with Gasteiger partial charge in [0.25, 0.3) is 0 Å². The molecule has 2 N–H and O–H groups in total. The number of anilines is 3. The van der Waals surface area contributed by atoms with Gasteiger partial charge in [0.15, 0.2) is 5.43 Å². The van der Waals surface area contributed by atoms with E-state index in [0.717, 1.165) is 54.7 Å². The number of benzene rings is 2. The van der Waals surface area contributed by atoms with E-state index < -0.39 is 0 Å². The summed E-state index contributed by atoms with van der Waals surface area (Å²) in [7, 11) is 0. The molecule has 1 fully saturated rings. The summed E-state index contributed by atoms with van der Waals surface area (Å²) in [5, 5.41) is 7.40. The molecule has 0 unspecified atom stereocenters. The molecule has 0 atom stereocenters. The Hall–Kier alpha value is -3.64. The minimum atomic E-state index is -0.0463. The van der Waals surface area contributed by atoms with E-state index in [4.69, 9.17) is 0 Å². The lowest BCUT2D eigenvalue weighted by Gasteiger charge is -2.29. The maximum Gasteiger partial charge on any atom is 0.193 e. The van der Waals surface area contributed by atoms with Gasteiger partial charge in [-0.25, -0.2) is 4.98 Å². The first-order chi connectivity index (χ1) is 14.8. The number of hydrogen-bond donors (Lipinski definition) is 2. The highest BCUT2D eigenvalue weighted by Gasteiger charge is 2.16. The molecule has 0 aliphatic carbocycles. The fourth-order valence-corrected chi connectivity index (χ4v) is 3.89. The first kappa shape index (κ1) is 18.4. The van der Waals surface area contributed by atoms with Crippen molar-refractivity contribution in [1.29, 1.82) is 0 Å². The number of aromatic nitrogens is 2. The smallest absolute Gasteiger partial charge is 0.193 e. The molecule has 4 aromatic rings. The Morgan fingerprint density at radius 3 is 2.33 bits per heavy atom. The molecule has 1 aliphatic rings. The Balaban J connectivity index is 1.73. The lowest BCUT2D eigenvalue weighted by Crippen LogP contribution is -2.43. The average molecular weight is 397 g/mol. The van der Waals surface area contributed by atoms with Gasteiger partial charge in [-0.3, -0.25) is 9.36 Å². The standard InChI is InChI=1S/C24H23N5O/c30-22-16-24(27-18-7-3-1-4-8-18)29(19-9-5-2-6-10-19)21-15-23(26-17-20(21)22)28-13-11-25-12-14-28/h1-10,15-17,25,27H,11-14H2. The van der Waals surface area contributed by atoms with Crippen LogP contribution < -0.4 is 21.0 Å². The summed E-state index contributed by atoms with van der Waals surface area (Å²) >= 11 is 0. The Labute approximate surface area is 174 Å². The van der Waals surface area contributed by atoms with Crippen molar-refractivity contribution in [3.05, 3.63) is 89.2 Å². The third-order valence-electron chi connectivity index (χ3n) is 5.38. The van der Waals surface area contributed by atoms with Crippen molar-refractivity contribution in [2.45, 2.75) is 0 Å². The summed E-state index contributed by atoms with van der Waals surface area (Å²) in [6.07, 6.45) is 1.71. The second-order valence-corrected chi connectivity index (χ2v) is 7.35. The first-order valence-corrected chi connectivity index (χ1v) is 10.2. The van der Waals surface area contributed by atoms with E-state index >= 15 is 0 Å². The van der Waals surface area contributed by atoms with Crippen molar-refractivity contribution in [1.82, 2.24) is 14.9 Å². The van der Waals surface area contributed by atoms with Crippen molar-refractivity contribution in [3.63, 3.8) is 0 Å². The Kier molecular flexibility index (Phi) is 4.91.